The molecule has 1 heterocycles. The number of carbonyl (C=O) groups is 2. The van der Waals surface area contributed by atoms with Gasteiger partial charge in [0.25, 0.3) is 0 Å². The Morgan fingerprint density at radius 1 is 1.07 bits per heavy atom. The molecule has 0 saturated heterocycles. The van der Waals surface area contributed by atoms with E-state index in [9.17, 15) is 9.59 Å². The molecule has 2 aromatic carbocycles. The summed E-state index contributed by atoms with van der Waals surface area (Å²) < 4.78 is 2.02. The number of nitrogens with zero attached hydrogens (tertiary/aromatic N) is 3. The van der Waals surface area contributed by atoms with Crippen molar-refractivity contribution in [3.8, 4) is 5.69 Å². The second kappa shape index (κ2) is 9.13. The fraction of sp³-hybridized carbons (Fsp3) is 0.273. The maximum atomic E-state index is 12.5. The normalized spacial score (nSPS) is 14.2. The first-order chi connectivity index (χ1) is 14.6. The average Bonchev–Trinajstić information content (AvgIpc) is 3.54. The van der Waals surface area contributed by atoms with Gasteiger partial charge in [0.05, 0.1) is 5.25 Å². The Morgan fingerprint density at radius 3 is 2.40 bits per heavy atom. The van der Waals surface area contributed by atoms with Gasteiger partial charge >= 0.3 is 6.03 Å². The van der Waals surface area contributed by atoms with Crippen molar-refractivity contribution in [3.63, 3.8) is 0 Å². The van der Waals surface area contributed by atoms with Gasteiger partial charge in [-0.2, -0.15) is 0 Å². The molecule has 1 aliphatic rings. The molecular weight excluding hydrogens is 398 g/mol. The molecule has 8 heteroatoms. The van der Waals surface area contributed by atoms with Crippen LogP contribution in [0.25, 0.3) is 5.69 Å². The van der Waals surface area contributed by atoms with Crippen LogP contribution >= 0.6 is 11.8 Å². The van der Waals surface area contributed by atoms with Crippen LogP contribution in [0.3, 0.4) is 0 Å². The molecule has 1 saturated carbocycles. The van der Waals surface area contributed by atoms with Crippen LogP contribution in [0.2, 0.25) is 0 Å². The molecule has 0 aliphatic heterocycles. The standard InChI is InChI=1S/C22H23N5O2S/c1-15(20(28)24-21(29)23-14-16-8-4-2-5-9-16)30-22-26-25-19(17-12-13-17)27(22)18-10-6-3-7-11-18/h2-11,15,17H,12-14H2,1H3,(H2,23,24,28,29)/t15-/m0/s1. The van der Waals surface area contributed by atoms with Gasteiger partial charge in [-0.15, -0.1) is 10.2 Å². The number of urea groups is 1. The Balaban J connectivity index is 1.39. The minimum absolute atomic E-state index is 0.356. The van der Waals surface area contributed by atoms with E-state index >= 15 is 0 Å². The molecule has 7 nitrogen and oxygen atoms in total. The Bertz CT molecular complexity index is 1020. The fourth-order valence-electron chi connectivity index (χ4n) is 3.03. The second-order valence-corrected chi connectivity index (χ2v) is 8.51. The topological polar surface area (TPSA) is 88.9 Å². The Morgan fingerprint density at radius 2 is 1.73 bits per heavy atom. The van der Waals surface area contributed by atoms with Gasteiger partial charge in [0.15, 0.2) is 5.16 Å². The van der Waals surface area contributed by atoms with E-state index in [2.05, 4.69) is 20.8 Å². The number of hydrogen-bond donors (Lipinski definition) is 2. The van der Waals surface area contributed by atoms with E-state index in [1.165, 1.54) is 11.8 Å². The van der Waals surface area contributed by atoms with Gasteiger partial charge in [-0.3, -0.25) is 14.7 Å². The van der Waals surface area contributed by atoms with E-state index in [1.807, 2.05) is 65.2 Å². The van der Waals surface area contributed by atoms with Gasteiger partial charge in [-0.25, -0.2) is 4.79 Å². The molecule has 0 radical (unpaired) electrons. The Labute approximate surface area is 179 Å². The number of benzene rings is 2. The summed E-state index contributed by atoms with van der Waals surface area (Å²) in [7, 11) is 0. The molecular formula is C22H23N5O2S. The number of imide groups is 1. The van der Waals surface area contributed by atoms with E-state index in [-0.39, 0.29) is 5.91 Å². The third kappa shape index (κ3) is 4.88. The highest BCUT2D eigenvalue weighted by Crippen LogP contribution is 2.41. The largest absolute Gasteiger partial charge is 0.334 e. The lowest BCUT2D eigenvalue weighted by Gasteiger charge is -2.13. The predicted molar refractivity (Wildman–Crippen MR) is 115 cm³/mol. The SMILES string of the molecule is C[C@H](Sc1nnc(C2CC2)n1-c1ccccc1)C(=O)NC(=O)NCc1ccccc1. The summed E-state index contributed by atoms with van der Waals surface area (Å²) in [6.07, 6.45) is 2.21. The van der Waals surface area contributed by atoms with Crippen LogP contribution in [0.5, 0.6) is 0 Å². The maximum Gasteiger partial charge on any atom is 0.321 e. The van der Waals surface area contributed by atoms with Crippen LogP contribution < -0.4 is 10.6 Å². The molecule has 0 bridgehead atoms. The molecule has 1 fully saturated rings. The van der Waals surface area contributed by atoms with E-state index in [0.717, 1.165) is 29.9 Å². The molecule has 3 amide bonds. The summed E-state index contributed by atoms with van der Waals surface area (Å²) in [6, 6.07) is 18.9. The minimum atomic E-state index is -0.514. The van der Waals surface area contributed by atoms with Gasteiger partial charge in [-0.1, -0.05) is 60.3 Å². The van der Waals surface area contributed by atoms with Crippen LogP contribution in [0.1, 0.15) is 37.1 Å². The Hall–Kier alpha value is -3.13. The average molecular weight is 422 g/mol. The third-order valence-corrected chi connectivity index (χ3v) is 5.84. The summed E-state index contributed by atoms with van der Waals surface area (Å²) in [4.78, 5) is 24.6. The molecule has 0 unspecified atom stereocenters. The summed E-state index contributed by atoms with van der Waals surface area (Å²) in [6.45, 7) is 2.11. The zero-order valence-electron chi connectivity index (χ0n) is 16.6. The smallest absolute Gasteiger partial charge is 0.321 e. The summed E-state index contributed by atoms with van der Waals surface area (Å²) in [5.41, 5.74) is 1.94. The molecule has 4 rings (SSSR count). The number of thioether (sulfide) groups is 1. The van der Waals surface area contributed by atoms with Crippen LogP contribution in [-0.4, -0.2) is 32.0 Å². The van der Waals surface area contributed by atoms with Crippen LogP contribution in [0, 0.1) is 0 Å². The summed E-state index contributed by atoms with van der Waals surface area (Å²) >= 11 is 1.29. The molecule has 30 heavy (non-hydrogen) atoms. The lowest BCUT2D eigenvalue weighted by Crippen LogP contribution is -2.42. The zero-order valence-corrected chi connectivity index (χ0v) is 17.4. The van der Waals surface area contributed by atoms with E-state index in [1.54, 1.807) is 6.92 Å². The first-order valence-corrected chi connectivity index (χ1v) is 10.8. The molecule has 2 N–H and O–H groups in total. The van der Waals surface area contributed by atoms with Crippen LogP contribution in [0.15, 0.2) is 65.8 Å². The molecule has 154 valence electrons. The lowest BCUT2D eigenvalue weighted by atomic mass is 10.2. The summed E-state index contributed by atoms with van der Waals surface area (Å²) in [5.74, 6) is 0.970. The minimum Gasteiger partial charge on any atom is -0.334 e. The van der Waals surface area contributed by atoms with Gasteiger partial charge in [-0.05, 0) is 37.5 Å². The quantitative estimate of drug-likeness (QED) is 0.569. The van der Waals surface area contributed by atoms with Crippen molar-refractivity contribution in [2.45, 2.75) is 42.6 Å². The van der Waals surface area contributed by atoms with E-state index in [0.29, 0.717) is 17.6 Å². The molecule has 1 aliphatic carbocycles. The van der Waals surface area contributed by atoms with Crippen LogP contribution in [-0.2, 0) is 11.3 Å². The number of para-hydroxylation sites is 1. The monoisotopic (exact) mass is 421 g/mol. The van der Waals surface area contributed by atoms with Crippen molar-refractivity contribution in [2.24, 2.45) is 0 Å². The number of nitrogens with one attached hydrogen (secondary N) is 2. The van der Waals surface area contributed by atoms with Gasteiger partial charge in [0.1, 0.15) is 5.82 Å². The van der Waals surface area contributed by atoms with Crippen molar-refractivity contribution in [1.82, 2.24) is 25.4 Å². The molecule has 1 atom stereocenters. The van der Waals surface area contributed by atoms with Crippen molar-refractivity contribution in [2.75, 3.05) is 0 Å². The van der Waals surface area contributed by atoms with E-state index < -0.39 is 11.3 Å². The first-order valence-electron chi connectivity index (χ1n) is 9.92. The number of amides is 3. The molecule has 0 spiro atoms. The molecule has 1 aromatic heterocycles. The van der Waals surface area contributed by atoms with Crippen LogP contribution in [0.4, 0.5) is 4.79 Å². The molecule has 3 aromatic rings. The fourth-order valence-corrected chi connectivity index (χ4v) is 3.91. The van der Waals surface area contributed by atoms with Gasteiger partial charge in [0.2, 0.25) is 5.91 Å². The zero-order chi connectivity index (χ0) is 20.9. The number of carbonyl (C=O) groups excluding carboxylic acids is 2. The van der Waals surface area contributed by atoms with Crippen molar-refractivity contribution in [1.29, 1.82) is 0 Å². The Kier molecular flexibility index (Phi) is 6.13. The van der Waals surface area contributed by atoms with Crippen molar-refractivity contribution in [3.05, 3.63) is 72.1 Å². The second-order valence-electron chi connectivity index (χ2n) is 7.20. The number of rotatable bonds is 7. The highest BCUT2D eigenvalue weighted by Gasteiger charge is 2.32. The number of hydrogen-bond acceptors (Lipinski definition) is 5. The third-order valence-electron chi connectivity index (χ3n) is 4.80. The van der Waals surface area contributed by atoms with Gasteiger partial charge in [0, 0.05) is 18.2 Å². The van der Waals surface area contributed by atoms with Crippen molar-refractivity contribution >= 4 is 23.7 Å². The number of aromatic nitrogens is 3. The lowest BCUT2D eigenvalue weighted by molar-refractivity contribution is -0.119. The predicted octanol–water partition coefficient (Wildman–Crippen LogP) is 3.65. The first kappa shape index (κ1) is 20.2. The van der Waals surface area contributed by atoms with Crippen molar-refractivity contribution < 1.29 is 9.59 Å². The highest BCUT2D eigenvalue weighted by atomic mass is 32.2. The maximum absolute atomic E-state index is 12.5. The highest BCUT2D eigenvalue weighted by molar-refractivity contribution is 8.00. The van der Waals surface area contributed by atoms with E-state index in [4.69, 9.17) is 0 Å². The van der Waals surface area contributed by atoms with Gasteiger partial charge < -0.3 is 5.32 Å². The summed E-state index contributed by atoms with van der Waals surface area (Å²) in [5, 5.41) is 13.9.